The number of esters is 1. The maximum absolute atomic E-state index is 12.3. The third kappa shape index (κ3) is 3.88. The van der Waals surface area contributed by atoms with Crippen LogP contribution in [0.2, 0.25) is 0 Å². The molecule has 1 N–H and O–H groups in total. The van der Waals surface area contributed by atoms with Crippen LogP contribution in [0.25, 0.3) is 0 Å². The largest absolute Gasteiger partial charge is 0.467 e. The van der Waals surface area contributed by atoms with Gasteiger partial charge in [-0.2, -0.15) is 8.42 Å². The van der Waals surface area contributed by atoms with Gasteiger partial charge in [-0.25, -0.2) is 4.79 Å². The van der Waals surface area contributed by atoms with Crippen molar-refractivity contribution >= 4 is 16.1 Å². The second-order valence-electron chi connectivity index (χ2n) is 4.81. The summed E-state index contributed by atoms with van der Waals surface area (Å²) >= 11 is 0. The average molecular weight is 336 g/mol. The summed E-state index contributed by atoms with van der Waals surface area (Å²) in [6.07, 6.45) is -1.63. The van der Waals surface area contributed by atoms with Crippen LogP contribution in [-0.2, 0) is 19.6 Å². The second-order valence-corrected chi connectivity index (χ2v) is 6.36. The highest BCUT2D eigenvalue weighted by Crippen LogP contribution is 2.28. The summed E-state index contributed by atoms with van der Waals surface area (Å²) < 4.78 is 34.1. The van der Waals surface area contributed by atoms with Crippen LogP contribution in [0.4, 0.5) is 0 Å². The van der Waals surface area contributed by atoms with Gasteiger partial charge in [0.25, 0.3) is 0 Å². The molecule has 2 rings (SSSR count). The zero-order valence-corrected chi connectivity index (χ0v) is 13.4. The molecule has 0 spiro atoms. The van der Waals surface area contributed by atoms with Crippen LogP contribution in [0, 0.1) is 6.92 Å². The zero-order chi connectivity index (χ0) is 17.0. The number of aryl methyl sites for hydroxylation is 1. The van der Waals surface area contributed by atoms with Crippen molar-refractivity contribution in [1.82, 2.24) is 0 Å². The van der Waals surface area contributed by atoms with E-state index in [1.54, 1.807) is 18.2 Å². The van der Waals surface area contributed by atoms with E-state index in [2.05, 4.69) is 4.74 Å². The highest BCUT2D eigenvalue weighted by molar-refractivity contribution is 7.87. The Morgan fingerprint density at radius 1 is 1.09 bits per heavy atom. The molecule has 0 aliphatic rings. The van der Waals surface area contributed by atoms with E-state index in [9.17, 15) is 18.3 Å². The Hall–Kier alpha value is -2.38. The normalized spacial score (nSPS) is 12.5. The van der Waals surface area contributed by atoms with Crippen molar-refractivity contribution < 1.29 is 27.2 Å². The Labute approximate surface area is 134 Å². The lowest BCUT2D eigenvalue weighted by Gasteiger charge is -2.14. The van der Waals surface area contributed by atoms with Crippen molar-refractivity contribution in [3.05, 3.63) is 59.7 Å². The molecule has 0 aromatic heterocycles. The van der Waals surface area contributed by atoms with Crippen LogP contribution in [0.5, 0.6) is 5.75 Å². The first-order valence-electron chi connectivity index (χ1n) is 6.71. The molecule has 23 heavy (non-hydrogen) atoms. The topological polar surface area (TPSA) is 89.9 Å². The van der Waals surface area contributed by atoms with E-state index in [0.29, 0.717) is 0 Å². The van der Waals surface area contributed by atoms with Crippen molar-refractivity contribution in [3.8, 4) is 5.75 Å². The second kappa shape index (κ2) is 6.80. The van der Waals surface area contributed by atoms with Gasteiger partial charge in [-0.15, -0.1) is 0 Å². The molecule has 2 aromatic carbocycles. The molecule has 0 fully saturated rings. The monoisotopic (exact) mass is 336 g/mol. The summed E-state index contributed by atoms with van der Waals surface area (Å²) in [6, 6.07) is 12.0. The van der Waals surface area contributed by atoms with Gasteiger partial charge in [-0.1, -0.05) is 35.9 Å². The van der Waals surface area contributed by atoms with Gasteiger partial charge in [0.15, 0.2) is 6.10 Å². The molecular formula is C16H16O6S. The zero-order valence-electron chi connectivity index (χ0n) is 12.6. The molecule has 0 radical (unpaired) electrons. The fourth-order valence-electron chi connectivity index (χ4n) is 1.89. The first-order chi connectivity index (χ1) is 10.8. The molecule has 6 nitrogen and oxygen atoms in total. The summed E-state index contributed by atoms with van der Waals surface area (Å²) in [5.41, 5.74) is 0.917. The molecule has 0 saturated carbocycles. The van der Waals surface area contributed by atoms with Crippen molar-refractivity contribution in [2.24, 2.45) is 0 Å². The lowest BCUT2D eigenvalue weighted by atomic mass is 10.1. The molecule has 0 heterocycles. The number of para-hydroxylation sites is 1. The first-order valence-corrected chi connectivity index (χ1v) is 8.12. The Kier molecular flexibility index (Phi) is 5.02. The molecule has 0 aliphatic heterocycles. The van der Waals surface area contributed by atoms with E-state index < -0.39 is 22.2 Å². The van der Waals surface area contributed by atoms with Crippen LogP contribution in [-0.4, -0.2) is 26.6 Å². The lowest BCUT2D eigenvalue weighted by molar-refractivity contribution is -0.150. The maximum Gasteiger partial charge on any atom is 0.339 e. The number of aliphatic hydroxyl groups excluding tert-OH is 1. The van der Waals surface area contributed by atoms with Gasteiger partial charge in [0.05, 0.1) is 7.11 Å². The number of rotatable bonds is 5. The molecule has 122 valence electrons. The Balaban J connectivity index is 2.36. The predicted molar refractivity (Wildman–Crippen MR) is 82.4 cm³/mol. The average Bonchev–Trinajstić information content (AvgIpc) is 2.54. The van der Waals surface area contributed by atoms with E-state index in [-0.39, 0.29) is 16.2 Å². The van der Waals surface area contributed by atoms with Gasteiger partial charge in [-0.3, -0.25) is 0 Å². The molecule has 0 amide bonds. The number of carbonyl (C=O) groups excluding carboxylic acids is 1. The van der Waals surface area contributed by atoms with E-state index in [0.717, 1.165) is 12.7 Å². The minimum Gasteiger partial charge on any atom is -0.467 e. The summed E-state index contributed by atoms with van der Waals surface area (Å²) in [5, 5.41) is 9.92. The molecule has 0 saturated heterocycles. The number of ether oxygens (including phenoxy) is 1. The molecule has 0 aliphatic carbocycles. The highest BCUT2D eigenvalue weighted by atomic mass is 32.2. The SMILES string of the molecule is COC(=O)C(O)c1ccccc1OS(=O)(=O)c1ccc(C)cc1. The van der Waals surface area contributed by atoms with Gasteiger partial charge in [0.1, 0.15) is 10.6 Å². The van der Waals surface area contributed by atoms with E-state index in [1.807, 2.05) is 6.92 Å². The molecule has 2 aromatic rings. The van der Waals surface area contributed by atoms with Crippen molar-refractivity contribution in [2.75, 3.05) is 7.11 Å². The maximum atomic E-state index is 12.3. The smallest absolute Gasteiger partial charge is 0.339 e. The Bertz CT molecular complexity index is 796. The summed E-state index contributed by atoms with van der Waals surface area (Å²) in [5.74, 6) is -1.04. The first kappa shape index (κ1) is 17.0. The van der Waals surface area contributed by atoms with Gasteiger partial charge >= 0.3 is 16.1 Å². The van der Waals surface area contributed by atoms with Gasteiger partial charge in [-0.05, 0) is 25.1 Å². The highest BCUT2D eigenvalue weighted by Gasteiger charge is 2.25. The van der Waals surface area contributed by atoms with E-state index in [4.69, 9.17) is 4.18 Å². The Morgan fingerprint density at radius 2 is 1.70 bits per heavy atom. The lowest BCUT2D eigenvalue weighted by Crippen LogP contribution is -2.17. The third-order valence-corrected chi connectivity index (χ3v) is 4.40. The quantitative estimate of drug-likeness (QED) is 0.663. The van der Waals surface area contributed by atoms with Gasteiger partial charge in [0.2, 0.25) is 0 Å². The third-order valence-electron chi connectivity index (χ3n) is 3.15. The predicted octanol–water partition coefficient (Wildman–Crippen LogP) is 1.97. The number of hydrogen-bond donors (Lipinski definition) is 1. The fourth-order valence-corrected chi connectivity index (χ4v) is 2.85. The molecule has 0 bridgehead atoms. The van der Waals surface area contributed by atoms with Crippen LogP contribution < -0.4 is 4.18 Å². The van der Waals surface area contributed by atoms with Gasteiger partial charge < -0.3 is 14.0 Å². The van der Waals surface area contributed by atoms with E-state index in [1.165, 1.54) is 30.3 Å². The molecule has 1 atom stereocenters. The number of hydrogen-bond acceptors (Lipinski definition) is 6. The van der Waals surface area contributed by atoms with E-state index >= 15 is 0 Å². The van der Waals surface area contributed by atoms with Crippen molar-refractivity contribution in [3.63, 3.8) is 0 Å². The van der Waals surface area contributed by atoms with Crippen LogP contribution in [0.15, 0.2) is 53.4 Å². The number of benzene rings is 2. The molecule has 1 unspecified atom stereocenters. The number of methoxy groups -OCH3 is 1. The van der Waals surface area contributed by atoms with Gasteiger partial charge in [0, 0.05) is 5.56 Å². The summed E-state index contributed by atoms with van der Waals surface area (Å²) in [4.78, 5) is 11.4. The van der Waals surface area contributed by atoms with Crippen molar-refractivity contribution in [1.29, 1.82) is 0 Å². The van der Waals surface area contributed by atoms with Crippen LogP contribution in [0.3, 0.4) is 0 Å². The number of carbonyl (C=O) groups is 1. The summed E-state index contributed by atoms with van der Waals surface area (Å²) in [7, 11) is -2.96. The summed E-state index contributed by atoms with van der Waals surface area (Å²) in [6.45, 7) is 1.83. The minimum atomic E-state index is -4.08. The minimum absolute atomic E-state index is 0.00929. The molecular weight excluding hydrogens is 320 g/mol. The fraction of sp³-hybridized carbons (Fsp3) is 0.188. The standard InChI is InChI=1S/C16H16O6S/c1-11-7-9-12(10-8-11)23(19,20)22-14-6-4-3-5-13(14)15(17)16(18)21-2/h3-10,15,17H,1-2H3. The molecule has 7 heteroatoms. The Morgan fingerprint density at radius 3 is 2.30 bits per heavy atom. The van der Waals surface area contributed by atoms with Crippen LogP contribution >= 0.6 is 0 Å². The van der Waals surface area contributed by atoms with Crippen molar-refractivity contribution in [2.45, 2.75) is 17.9 Å². The van der Waals surface area contributed by atoms with Crippen LogP contribution in [0.1, 0.15) is 17.2 Å². The number of aliphatic hydroxyl groups is 1.